The van der Waals surface area contributed by atoms with Gasteiger partial charge in [0.15, 0.2) is 11.4 Å². The Balaban J connectivity index is 1.73. The average molecular weight is 283 g/mol. The van der Waals surface area contributed by atoms with Crippen molar-refractivity contribution in [3.63, 3.8) is 0 Å². The molecule has 0 aromatic carbocycles. The first-order valence-electron chi connectivity index (χ1n) is 7.18. The Morgan fingerprint density at radius 2 is 2.00 bits per heavy atom. The number of hydrogen-bond donors (Lipinski definition) is 1. The molecule has 6 nitrogen and oxygen atoms in total. The van der Waals surface area contributed by atoms with Crippen LogP contribution in [0.25, 0.3) is 17.2 Å². The summed E-state index contributed by atoms with van der Waals surface area (Å²) in [6.45, 7) is 6.02. The molecule has 1 saturated heterocycles. The van der Waals surface area contributed by atoms with E-state index in [0.29, 0.717) is 0 Å². The van der Waals surface area contributed by atoms with Crippen molar-refractivity contribution in [3.8, 4) is 11.6 Å². The Labute approximate surface area is 122 Å². The van der Waals surface area contributed by atoms with Crippen LogP contribution in [0.4, 0.5) is 5.69 Å². The molecular formula is C15H17N5O. The third-order valence-electron chi connectivity index (χ3n) is 3.84. The number of aromatic nitrogens is 3. The van der Waals surface area contributed by atoms with E-state index < -0.39 is 0 Å². The van der Waals surface area contributed by atoms with E-state index in [-0.39, 0.29) is 0 Å². The normalized spacial score (nSPS) is 15.8. The van der Waals surface area contributed by atoms with E-state index in [0.717, 1.165) is 49.2 Å². The van der Waals surface area contributed by atoms with Crippen LogP contribution in [0.15, 0.2) is 34.9 Å². The van der Waals surface area contributed by atoms with Gasteiger partial charge in [-0.3, -0.25) is 4.40 Å². The lowest BCUT2D eigenvalue weighted by Crippen LogP contribution is -2.43. The van der Waals surface area contributed by atoms with Gasteiger partial charge in [0.1, 0.15) is 5.76 Å². The standard InChI is InChI=1S/C15H17N5O/c1-11-2-3-13(21-11)15-18-17-14-10-12(4-7-20(14)15)19-8-5-16-6-9-19/h2-4,7,10,16H,5-6,8-9H2,1H3. The van der Waals surface area contributed by atoms with E-state index in [1.165, 1.54) is 5.69 Å². The molecule has 108 valence electrons. The number of rotatable bonds is 2. The van der Waals surface area contributed by atoms with Crippen LogP contribution in [-0.2, 0) is 0 Å². The van der Waals surface area contributed by atoms with E-state index in [1.54, 1.807) is 0 Å². The highest BCUT2D eigenvalue weighted by Crippen LogP contribution is 2.23. The predicted molar refractivity (Wildman–Crippen MR) is 80.5 cm³/mol. The molecule has 0 amide bonds. The molecule has 1 aliphatic heterocycles. The Kier molecular flexibility index (Phi) is 2.89. The van der Waals surface area contributed by atoms with Crippen molar-refractivity contribution in [3.05, 3.63) is 36.2 Å². The highest BCUT2D eigenvalue weighted by Gasteiger charge is 2.14. The Morgan fingerprint density at radius 3 is 2.76 bits per heavy atom. The van der Waals surface area contributed by atoms with Crippen molar-refractivity contribution in [2.75, 3.05) is 31.1 Å². The Morgan fingerprint density at radius 1 is 1.14 bits per heavy atom. The van der Waals surface area contributed by atoms with Crippen molar-refractivity contribution in [1.82, 2.24) is 19.9 Å². The summed E-state index contributed by atoms with van der Waals surface area (Å²) in [6.07, 6.45) is 2.01. The average Bonchev–Trinajstić information content (AvgIpc) is 3.13. The minimum atomic E-state index is 0.741. The molecule has 1 fully saturated rings. The molecule has 6 heteroatoms. The molecule has 0 unspecified atom stereocenters. The molecule has 3 aromatic rings. The van der Waals surface area contributed by atoms with Gasteiger partial charge in [0.25, 0.3) is 0 Å². The van der Waals surface area contributed by atoms with E-state index in [4.69, 9.17) is 4.42 Å². The molecule has 1 aliphatic rings. The molecule has 4 rings (SSSR count). The van der Waals surface area contributed by atoms with Crippen LogP contribution in [0.2, 0.25) is 0 Å². The van der Waals surface area contributed by atoms with Crippen LogP contribution >= 0.6 is 0 Å². The van der Waals surface area contributed by atoms with E-state index in [9.17, 15) is 0 Å². The molecule has 4 heterocycles. The highest BCUT2D eigenvalue weighted by atomic mass is 16.3. The monoisotopic (exact) mass is 283 g/mol. The molecule has 21 heavy (non-hydrogen) atoms. The first kappa shape index (κ1) is 12.4. The molecule has 0 spiro atoms. The summed E-state index contributed by atoms with van der Waals surface area (Å²) in [5.41, 5.74) is 2.04. The molecule has 3 aromatic heterocycles. The fourth-order valence-electron chi connectivity index (χ4n) is 2.72. The maximum absolute atomic E-state index is 5.64. The lowest BCUT2D eigenvalue weighted by atomic mass is 10.3. The van der Waals surface area contributed by atoms with E-state index in [1.807, 2.05) is 29.7 Å². The van der Waals surface area contributed by atoms with Crippen LogP contribution in [0.1, 0.15) is 5.76 Å². The van der Waals surface area contributed by atoms with Gasteiger partial charge < -0.3 is 14.6 Å². The summed E-state index contributed by atoms with van der Waals surface area (Å²) >= 11 is 0. The van der Waals surface area contributed by atoms with Gasteiger partial charge in [0, 0.05) is 44.1 Å². The van der Waals surface area contributed by atoms with Crippen LogP contribution in [0, 0.1) is 6.92 Å². The van der Waals surface area contributed by atoms with Crippen molar-refractivity contribution < 1.29 is 4.42 Å². The number of hydrogen-bond acceptors (Lipinski definition) is 5. The summed E-state index contributed by atoms with van der Waals surface area (Å²) in [5.74, 6) is 2.36. The maximum Gasteiger partial charge on any atom is 0.204 e. The second-order valence-corrected chi connectivity index (χ2v) is 5.28. The largest absolute Gasteiger partial charge is 0.458 e. The SMILES string of the molecule is Cc1ccc(-c2nnc3cc(N4CCNCC4)ccn23)o1. The third kappa shape index (κ3) is 2.17. The van der Waals surface area contributed by atoms with Gasteiger partial charge in [0.2, 0.25) is 5.82 Å². The van der Waals surface area contributed by atoms with Crippen molar-refractivity contribution >= 4 is 11.3 Å². The summed E-state index contributed by atoms with van der Waals surface area (Å²) in [5, 5.41) is 11.9. The minimum absolute atomic E-state index is 0.741. The van der Waals surface area contributed by atoms with Crippen LogP contribution in [-0.4, -0.2) is 40.8 Å². The minimum Gasteiger partial charge on any atom is -0.458 e. The van der Waals surface area contributed by atoms with E-state index in [2.05, 4.69) is 32.5 Å². The fourth-order valence-corrected chi connectivity index (χ4v) is 2.72. The summed E-state index contributed by atoms with van der Waals surface area (Å²) in [6, 6.07) is 8.06. The van der Waals surface area contributed by atoms with Gasteiger partial charge in [-0.05, 0) is 25.1 Å². The topological polar surface area (TPSA) is 58.6 Å². The zero-order valence-corrected chi connectivity index (χ0v) is 11.9. The molecule has 1 N–H and O–H groups in total. The van der Waals surface area contributed by atoms with E-state index >= 15 is 0 Å². The van der Waals surface area contributed by atoms with Gasteiger partial charge in [-0.25, -0.2) is 0 Å². The van der Waals surface area contributed by atoms with Crippen LogP contribution in [0.3, 0.4) is 0 Å². The molecule has 0 bridgehead atoms. The number of anilines is 1. The molecule has 0 atom stereocenters. The number of fused-ring (bicyclic) bond motifs is 1. The Bertz CT molecular complexity index is 769. The summed E-state index contributed by atoms with van der Waals surface area (Å²) < 4.78 is 7.60. The lowest BCUT2D eigenvalue weighted by molar-refractivity contribution is 0.543. The van der Waals surface area contributed by atoms with Gasteiger partial charge in [-0.2, -0.15) is 0 Å². The number of nitrogens with zero attached hydrogens (tertiary/aromatic N) is 4. The van der Waals surface area contributed by atoms with Crippen LogP contribution in [0.5, 0.6) is 0 Å². The van der Waals surface area contributed by atoms with Gasteiger partial charge in [-0.1, -0.05) is 0 Å². The number of aryl methyl sites for hydroxylation is 1. The quantitative estimate of drug-likeness (QED) is 0.776. The highest BCUT2D eigenvalue weighted by molar-refractivity contribution is 5.61. The molecule has 0 saturated carbocycles. The smallest absolute Gasteiger partial charge is 0.204 e. The zero-order valence-electron chi connectivity index (χ0n) is 11.9. The van der Waals surface area contributed by atoms with Crippen molar-refractivity contribution in [2.45, 2.75) is 6.92 Å². The van der Waals surface area contributed by atoms with Gasteiger partial charge >= 0.3 is 0 Å². The van der Waals surface area contributed by atoms with Crippen LogP contribution < -0.4 is 10.2 Å². The fraction of sp³-hybridized carbons (Fsp3) is 0.333. The third-order valence-corrected chi connectivity index (χ3v) is 3.84. The molecule has 0 aliphatic carbocycles. The maximum atomic E-state index is 5.64. The summed E-state index contributed by atoms with van der Waals surface area (Å²) in [7, 11) is 0. The van der Waals surface area contributed by atoms with Crippen molar-refractivity contribution in [1.29, 1.82) is 0 Å². The van der Waals surface area contributed by atoms with Gasteiger partial charge in [0.05, 0.1) is 0 Å². The summed E-state index contributed by atoms with van der Waals surface area (Å²) in [4.78, 5) is 2.36. The zero-order chi connectivity index (χ0) is 14.2. The second-order valence-electron chi connectivity index (χ2n) is 5.28. The number of nitrogens with one attached hydrogen (secondary N) is 1. The first-order chi connectivity index (χ1) is 10.3. The second kappa shape index (κ2) is 4.89. The predicted octanol–water partition coefficient (Wildman–Crippen LogP) is 1.71. The number of piperazine rings is 1. The number of furan rings is 1. The molecule has 0 radical (unpaired) electrons. The Hall–Kier alpha value is -2.34. The lowest BCUT2D eigenvalue weighted by Gasteiger charge is -2.29. The molecular weight excluding hydrogens is 266 g/mol. The first-order valence-corrected chi connectivity index (χ1v) is 7.18. The van der Waals surface area contributed by atoms with Crippen molar-refractivity contribution in [2.24, 2.45) is 0 Å². The number of pyridine rings is 1. The van der Waals surface area contributed by atoms with Gasteiger partial charge in [-0.15, -0.1) is 10.2 Å².